The van der Waals surface area contributed by atoms with Crippen LogP contribution in [0, 0.1) is 11.3 Å². The van der Waals surface area contributed by atoms with E-state index in [4.69, 9.17) is 14.5 Å². The second kappa shape index (κ2) is 9.26. The molecule has 2 aromatic rings. The zero-order chi connectivity index (χ0) is 23.8. The number of nitrogens with zero attached hydrogens (tertiary/aromatic N) is 1. The fraction of sp³-hybridized carbons (Fsp3) is 0.370. The van der Waals surface area contributed by atoms with E-state index in [9.17, 15) is 9.59 Å². The Kier molecular flexibility index (Phi) is 6.57. The molecule has 1 aliphatic heterocycles. The number of Topliss-reactive ketones (excluding diaryl/α,β-unsaturated/α-hetero) is 1. The van der Waals surface area contributed by atoms with E-state index in [1.54, 1.807) is 7.11 Å². The number of ketones is 1. The fourth-order valence-electron chi connectivity index (χ4n) is 4.81. The highest BCUT2D eigenvalue weighted by Crippen LogP contribution is 2.48. The molecule has 172 valence electrons. The van der Waals surface area contributed by atoms with Crippen LogP contribution in [0.5, 0.6) is 5.75 Å². The fourth-order valence-corrected chi connectivity index (χ4v) is 5.36. The van der Waals surface area contributed by atoms with Gasteiger partial charge in [-0.25, -0.2) is 0 Å². The predicted octanol–water partition coefficient (Wildman–Crippen LogP) is 6.02. The summed E-state index contributed by atoms with van der Waals surface area (Å²) in [5.41, 5.74) is 3.71. The van der Waals surface area contributed by atoms with Gasteiger partial charge in [0, 0.05) is 29.3 Å². The number of benzene rings is 2. The molecular formula is C27H28BrNO4. The lowest BCUT2D eigenvalue weighted by molar-refractivity contribution is -0.148. The van der Waals surface area contributed by atoms with Gasteiger partial charge in [0.1, 0.15) is 18.3 Å². The zero-order valence-corrected chi connectivity index (χ0v) is 20.9. The van der Waals surface area contributed by atoms with Crippen molar-refractivity contribution in [2.75, 3.05) is 7.11 Å². The zero-order valence-electron chi connectivity index (χ0n) is 19.4. The smallest absolute Gasteiger partial charge is 0.315 e. The van der Waals surface area contributed by atoms with E-state index in [2.05, 4.69) is 29.8 Å². The number of rotatable bonds is 5. The number of hydrogen-bond acceptors (Lipinski definition) is 5. The van der Waals surface area contributed by atoms with Crippen molar-refractivity contribution in [1.82, 2.24) is 0 Å². The molecule has 6 heteroatoms. The van der Waals surface area contributed by atoms with Gasteiger partial charge in [-0.3, -0.25) is 14.6 Å². The highest BCUT2D eigenvalue weighted by Gasteiger charge is 2.46. The monoisotopic (exact) mass is 509 g/mol. The lowest BCUT2D eigenvalue weighted by Gasteiger charge is -2.39. The third-order valence-electron chi connectivity index (χ3n) is 6.31. The quantitative estimate of drug-likeness (QED) is 0.462. The molecule has 0 spiro atoms. The summed E-state index contributed by atoms with van der Waals surface area (Å²) >= 11 is 3.56. The van der Waals surface area contributed by atoms with Crippen molar-refractivity contribution in [2.45, 2.75) is 46.1 Å². The van der Waals surface area contributed by atoms with E-state index in [1.165, 1.54) is 0 Å². The summed E-state index contributed by atoms with van der Waals surface area (Å²) in [7, 11) is 1.61. The molecule has 2 atom stereocenters. The van der Waals surface area contributed by atoms with Crippen molar-refractivity contribution in [3.63, 3.8) is 0 Å². The molecule has 0 amide bonds. The van der Waals surface area contributed by atoms with Crippen LogP contribution in [0.2, 0.25) is 0 Å². The summed E-state index contributed by atoms with van der Waals surface area (Å²) in [6, 6.07) is 15.3. The van der Waals surface area contributed by atoms with E-state index < -0.39 is 11.8 Å². The predicted molar refractivity (Wildman–Crippen MR) is 131 cm³/mol. The standard InChI is InChI=1S/C27H28BrNO4/c1-16-23(26(31)33-15-17-8-6-5-7-9-17)24(18-10-11-22(32-4)19(28)12-18)25-20(29-16)13-27(2,3)14-21(25)30/h5-12,23-24H,13-15H2,1-4H3/t23?,24-/m0/s1. The molecule has 1 unspecified atom stereocenters. The summed E-state index contributed by atoms with van der Waals surface area (Å²) in [4.78, 5) is 31.6. The van der Waals surface area contributed by atoms with E-state index in [1.807, 2.05) is 55.5 Å². The Labute approximate surface area is 203 Å². The molecule has 1 aliphatic carbocycles. The Morgan fingerprint density at radius 2 is 1.88 bits per heavy atom. The molecule has 0 aromatic heterocycles. The number of halogens is 1. The maximum Gasteiger partial charge on any atom is 0.315 e. The SMILES string of the molecule is COc1ccc([C@@H]2C3=C(CC(C)(C)CC3=O)N=C(C)C2C(=O)OCc2ccccc2)cc1Br. The van der Waals surface area contributed by atoms with Gasteiger partial charge in [0.05, 0.1) is 11.6 Å². The minimum atomic E-state index is -0.669. The molecule has 0 N–H and O–H groups in total. The minimum absolute atomic E-state index is 0.0512. The van der Waals surface area contributed by atoms with Crippen molar-refractivity contribution >= 4 is 33.4 Å². The van der Waals surface area contributed by atoms with Crippen molar-refractivity contribution in [3.05, 3.63) is 75.4 Å². The number of carbonyl (C=O) groups excluding carboxylic acids is 2. The highest BCUT2D eigenvalue weighted by atomic mass is 79.9. The van der Waals surface area contributed by atoms with Crippen molar-refractivity contribution < 1.29 is 19.1 Å². The molecule has 2 aliphatic rings. The minimum Gasteiger partial charge on any atom is -0.496 e. The highest BCUT2D eigenvalue weighted by molar-refractivity contribution is 9.10. The lowest BCUT2D eigenvalue weighted by atomic mass is 9.67. The van der Waals surface area contributed by atoms with Crippen molar-refractivity contribution in [3.8, 4) is 5.75 Å². The van der Waals surface area contributed by atoms with Crippen LogP contribution in [-0.4, -0.2) is 24.6 Å². The number of methoxy groups -OCH3 is 1. The van der Waals surface area contributed by atoms with E-state index in [0.717, 1.165) is 21.3 Å². The van der Waals surface area contributed by atoms with E-state index >= 15 is 0 Å². The molecule has 0 fully saturated rings. The Hall–Kier alpha value is -2.73. The van der Waals surface area contributed by atoms with Crippen LogP contribution < -0.4 is 4.74 Å². The number of ether oxygens (including phenoxy) is 2. The number of aliphatic imine (C=N–C) groups is 1. The maximum absolute atomic E-state index is 13.4. The largest absolute Gasteiger partial charge is 0.496 e. The number of hydrogen-bond donors (Lipinski definition) is 0. The van der Waals surface area contributed by atoms with Crippen LogP contribution in [0.3, 0.4) is 0 Å². The Morgan fingerprint density at radius 3 is 2.55 bits per heavy atom. The molecule has 0 saturated carbocycles. The number of esters is 1. The first-order valence-electron chi connectivity index (χ1n) is 11.1. The van der Waals surface area contributed by atoms with Crippen LogP contribution in [0.15, 0.2) is 69.3 Å². The second-order valence-electron chi connectivity index (χ2n) is 9.50. The molecule has 0 bridgehead atoms. The first kappa shape index (κ1) is 23.4. The maximum atomic E-state index is 13.4. The second-order valence-corrected chi connectivity index (χ2v) is 10.4. The Morgan fingerprint density at radius 1 is 1.15 bits per heavy atom. The van der Waals surface area contributed by atoms with Gasteiger partial charge in [-0.15, -0.1) is 0 Å². The third-order valence-corrected chi connectivity index (χ3v) is 6.93. The summed E-state index contributed by atoms with van der Waals surface area (Å²) in [6.45, 7) is 6.20. The van der Waals surface area contributed by atoms with Crippen molar-refractivity contribution in [2.24, 2.45) is 16.3 Å². The molecule has 33 heavy (non-hydrogen) atoms. The van der Waals surface area contributed by atoms with Gasteiger partial charge in [0.2, 0.25) is 0 Å². The molecular weight excluding hydrogens is 482 g/mol. The van der Waals surface area contributed by atoms with Gasteiger partial charge >= 0.3 is 5.97 Å². The lowest BCUT2D eigenvalue weighted by Crippen LogP contribution is -2.39. The average Bonchev–Trinajstić information content (AvgIpc) is 2.76. The first-order valence-corrected chi connectivity index (χ1v) is 11.8. The van der Waals surface area contributed by atoms with Gasteiger partial charge in [-0.2, -0.15) is 0 Å². The summed E-state index contributed by atoms with van der Waals surface area (Å²) in [6.07, 6.45) is 1.13. The van der Waals surface area contributed by atoms with E-state index in [-0.39, 0.29) is 23.8 Å². The molecule has 0 radical (unpaired) electrons. The van der Waals surface area contributed by atoms with Crippen LogP contribution >= 0.6 is 15.9 Å². The molecule has 1 heterocycles. The topological polar surface area (TPSA) is 65.0 Å². The summed E-state index contributed by atoms with van der Waals surface area (Å²) in [5.74, 6) is -0.755. The molecule has 0 saturated heterocycles. The first-order chi connectivity index (χ1) is 15.7. The number of carbonyl (C=O) groups is 2. The van der Waals surface area contributed by atoms with Gasteiger partial charge < -0.3 is 9.47 Å². The normalized spacial score (nSPS) is 21.8. The van der Waals surface area contributed by atoms with Crippen molar-refractivity contribution in [1.29, 1.82) is 0 Å². The average molecular weight is 510 g/mol. The van der Waals surface area contributed by atoms with Crippen LogP contribution in [0.4, 0.5) is 0 Å². The van der Waals surface area contributed by atoms with Gasteiger partial charge in [-0.1, -0.05) is 50.2 Å². The van der Waals surface area contributed by atoms with Crippen LogP contribution in [0.25, 0.3) is 0 Å². The van der Waals surface area contributed by atoms with Crippen LogP contribution in [0.1, 0.15) is 50.7 Å². The van der Waals surface area contributed by atoms with Gasteiger partial charge in [0.15, 0.2) is 5.78 Å². The molecule has 4 rings (SSSR count). The Bertz CT molecular complexity index is 1150. The molecule has 2 aromatic carbocycles. The van der Waals surface area contributed by atoms with E-state index in [0.29, 0.717) is 29.9 Å². The summed E-state index contributed by atoms with van der Waals surface area (Å²) in [5, 5.41) is 0. The van der Waals surface area contributed by atoms with Gasteiger partial charge in [-0.05, 0) is 57.9 Å². The molecule has 5 nitrogen and oxygen atoms in total. The van der Waals surface area contributed by atoms with Crippen LogP contribution in [-0.2, 0) is 20.9 Å². The summed E-state index contributed by atoms with van der Waals surface area (Å²) < 4.78 is 11.9. The number of allylic oxidation sites excluding steroid dienone is 2. The Balaban J connectivity index is 1.75. The third kappa shape index (κ3) is 4.81. The van der Waals surface area contributed by atoms with Gasteiger partial charge in [0.25, 0.3) is 0 Å².